The number of aliphatic hydroxyl groups is 1. The van der Waals surface area contributed by atoms with Crippen LogP contribution >= 0.6 is 0 Å². The highest BCUT2D eigenvalue weighted by Crippen LogP contribution is 2.21. The van der Waals surface area contributed by atoms with Crippen molar-refractivity contribution in [3.05, 3.63) is 12.2 Å². The Balaban J connectivity index is 2.34. The van der Waals surface area contributed by atoms with Gasteiger partial charge in [-0.15, -0.1) is 11.8 Å². The molecule has 158 valence electrons. The molecule has 28 heavy (non-hydrogen) atoms. The monoisotopic (exact) mass is 390 g/mol. The van der Waals surface area contributed by atoms with Crippen molar-refractivity contribution in [3.8, 4) is 11.8 Å². The first-order valence-corrected chi connectivity index (χ1v) is 10.9. The van der Waals surface area contributed by atoms with Gasteiger partial charge in [0.15, 0.2) is 0 Å². The summed E-state index contributed by atoms with van der Waals surface area (Å²) in [4.78, 5) is 25.5. The molecule has 1 saturated heterocycles. The summed E-state index contributed by atoms with van der Waals surface area (Å²) in [5.41, 5.74) is 0. The second-order valence-electron chi connectivity index (χ2n) is 7.57. The lowest BCUT2D eigenvalue weighted by Gasteiger charge is -2.23. The molecule has 1 heterocycles. The maximum Gasteiger partial charge on any atom is 0.223 e. The zero-order valence-electron chi connectivity index (χ0n) is 17.9. The van der Waals surface area contributed by atoms with E-state index in [4.69, 9.17) is 0 Å². The molecule has 2 amide bonds. The van der Waals surface area contributed by atoms with Crippen LogP contribution in [0.25, 0.3) is 0 Å². The summed E-state index contributed by atoms with van der Waals surface area (Å²) in [6.45, 7) is 7.38. The average Bonchev–Trinajstić information content (AvgIpc) is 3.02. The number of hydrogen-bond donors (Lipinski definition) is 2. The van der Waals surface area contributed by atoms with E-state index in [2.05, 4.69) is 17.2 Å². The standard InChI is InChI=1S/C23H38N2O3/c1-4-6-9-12-19(3)21(26)16-14-20-15-17-23(28)25(20)18-11-8-7-10-13-22(27)24-5-2/h14,16,19-21,26H,4-5,7-8,10-13,15,17-18H2,1-3H3,(H,24,27)/b16-14+/t19-,20-,21+/m0/s1. The molecule has 3 atom stereocenters. The number of nitrogens with one attached hydrogen (secondary N) is 1. The fourth-order valence-corrected chi connectivity index (χ4v) is 3.36. The highest BCUT2D eigenvalue weighted by atomic mass is 16.3. The third-order valence-electron chi connectivity index (χ3n) is 5.14. The summed E-state index contributed by atoms with van der Waals surface area (Å²) < 4.78 is 0. The molecule has 1 rings (SSSR count). The van der Waals surface area contributed by atoms with Gasteiger partial charge in [0.2, 0.25) is 11.8 Å². The molecule has 1 aliphatic rings. The van der Waals surface area contributed by atoms with E-state index in [0.29, 0.717) is 25.8 Å². The number of aliphatic hydroxyl groups excluding tert-OH is 1. The number of unbranched alkanes of at least 4 members (excludes halogenated alkanes) is 3. The minimum Gasteiger partial charge on any atom is -0.389 e. The van der Waals surface area contributed by atoms with Gasteiger partial charge in [-0.05, 0) is 32.1 Å². The Morgan fingerprint density at radius 2 is 2.04 bits per heavy atom. The molecule has 0 saturated carbocycles. The molecular formula is C23H38N2O3. The first kappa shape index (κ1) is 24.2. The SMILES string of the molecule is CCC#CC[C@H](C)[C@H](O)/C=C/[C@H]1CCC(=O)N1CCCCCCC(=O)NCC. The Kier molecular flexibility index (Phi) is 12.3. The zero-order chi connectivity index (χ0) is 20.8. The third kappa shape index (κ3) is 9.41. The van der Waals surface area contributed by atoms with Gasteiger partial charge in [-0.1, -0.05) is 38.8 Å². The molecule has 2 N–H and O–H groups in total. The van der Waals surface area contributed by atoms with Gasteiger partial charge in [0.25, 0.3) is 0 Å². The smallest absolute Gasteiger partial charge is 0.223 e. The first-order valence-electron chi connectivity index (χ1n) is 10.9. The Labute approximate surface area is 170 Å². The highest BCUT2D eigenvalue weighted by molar-refractivity contribution is 5.79. The molecule has 0 aromatic rings. The summed E-state index contributed by atoms with van der Waals surface area (Å²) in [5, 5.41) is 13.1. The van der Waals surface area contributed by atoms with Crippen molar-refractivity contribution in [1.82, 2.24) is 10.2 Å². The van der Waals surface area contributed by atoms with Gasteiger partial charge in [-0.2, -0.15) is 0 Å². The van der Waals surface area contributed by atoms with Gasteiger partial charge in [0, 0.05) is 38.8 Å². The number of carbonyl (C=O) groups is 2. The van der Waals surface area contributed by atoms with Crippen LogP contribution in [0.15, 0.2) is 12.2 Å². The van der Waals surface area contributed by atoms with Crippen LogP contribution in [0, 0.1) is 17.8 Å². The number of amides is 2. The molecule has 5 heteroatoms. The number of likely N-dealkylation sites (tertiary alicyclic amines) is 1. The zero-order valence-corrected chi connectivity index (χ0v) is 17.9. The van der Waals surface area contributed by atoms with Gasteiger partial charge in [-0.3, -0.25) is 9.59 Å². The largest absolute Gasteiger partial charge is 0.389 e. The molecular weight excluding hydrogens is 352 g/mol. The van der Waals surface area contributed by atoms with Crippen molar-refractivity contribution in [2.24, 2.45) is 5.92 Å². The first-order chi connectivity index (χ1) is 13.5. The Bertz CT molecular complexity index is 562. The molecule has 1 fully saturated rings. The Hall–Kier alpha value is -1.80. The van der Waals surface area contributed by atoms with Crippen LogP contribution in [0.2, 0.25) is 0 Å². The number of hydrogen-bond acceptors (Lipinski definition) is 3. The van der Waals surface area contributed by atoms with Gasteiger partial charge in [0.1, 0.15) is 0 Å². The van der Waals surface area contributed by atoms with Crippen LogP contribution in [0.4, 0.5) is 0 Å². The van der Waals surface area contributed by atoms with Crippen molar-refractivity contribution in [1.29, 1.82) is 0 Å². The van der Waals surface area contributed by atoms with Crippen molar-refractivity contribution < 1.29 is 14.7 Å². The lowest BCUT2D eigenvalue weighted by Crippen LogP contribution is -2.33. The molecule has 0 aromatic heterocycles. The van der Waals surface area contributed by atoms with E-state index in [9.17, 15) is 14.7 Å². The summed E-state index contributed by atoms with van der Waals surface area (Å²) >= 11 is 0. The summed E-state index contributed by atoms with van der Waals surface area (Å²) in [6, 6.07) is 0.0893. The van der Waals surface area contributed by atoms with E-state index in [1.165, 1.54) is 0 Å². The number of nitrogens with zero attached hydrogens (tertiary/aromatic N) is 1. The fourth-order valence-electron chi connectivity index (χ4n) is 3.36. The van der Waals surface area contributed by atoms with Crippen LogP contribution in [-0.4, -0.2) is 47.1 Å². The quantitative estimate of drug-likeness (QED) is 0.305. The van der Waals surface area contributed by atoms with E-state index < -0.39 is 6.10 Å². The fraction of sp³-hybridized carbons (Fsp3) is 0.739. The lowest BCUT2D eigenvalue weighted by molar-refractivity contribution is -0.128. The maximum atomic E-state index is 12.2. The second kappa shape index (κ2) is 14.2. The van der Waals surface area contributed by atoms with Crippen LogP contribution < -0.4 is 5.32 Å². The molecule has 0 aromatic carbocycles. The Morgan fingerprint density at radius 3 is 2.75 bits per heavy atom. The minimum atomic E-state index is -0.530. The molecule has 0 spiro atoms. The number of carbonyl (C=O) groups excluding carboxylic acids is 2. The summed E-state index contributed by atoms with van der Waals surface area (Å²) in [6.07, 6.45) is 10.7. The minimum absolute atomic E-state index is 0.0887. The molecule has 0 radical (unpaired) electrons. The summed E-state index contributed by atoms with van der Waals surface area (Å²) in [7, 11) is 0. The van der Waals surface area contributed by atoms with E-state index in [0.717, 1.165) is 45.1 Å². The van der Waals surface area contributed by atoms with Crippen molar-refractivity contribution >= 4 is 11.8 Å². The van der Waals surface area contributed by atoms with Gasteiger partial charge in [0.05, 0.1) is 12.1 Å². The normalized spacial score (nSPS) is 18.8. The molecule has 5 nitrogen and oxygen atoms in total. The maximum absolute atomic E-state index is 12.2. The van der Waals surface area contributed by atoms with Gasteiger partial charge in [-0.25, -0.2) is 0 Å². The van der Waals surface area contributed by atoms with Crippen LogP contribution in [0.1, 0.15) is 78.6 Å². The lowest BCUT2D eigenvalue weighted by atomic mass is 10.00. The second-order valence-corrected chi connectivity index (χ2v) is 7.57. The molecule has 1 aliphatic heterocycles. The highest BCUT2D eigenvalue weighted by Gasteiger charge is 2.28. The molecule has 0 aliphatic carbocycles. The van der Waals surface area contributed by atoms with E-state index in [1.54, 1.807) is 0 Å². The Morgan fingerprint density at radius 1 is 1.29 bits per heavy atom. The molecule has 0 unspecified atom stereocenters. The van der Waals surface area contributed by atoms with E-state index >= 15 is 0 Å². The topological polar surface area (TPSA) is 69.6 Å². The average molecular weight is 391 g/mol. The predicted molar refractivity (Wildman–Crippen MR) is 113 cm³/mol. The van der Waals surface area contributed by atoms with Crippen LogP contribution in [-0.2, 0) is 9.59 Å². The van der Waals surface area contributed by atoms with E-state index in [1.807, 2.05) is 37.8 Å². The van der Waals surface area contributed by atoms with Crippen LogP contribution in [0.3, 0.4) is 0 Å². The van der Waals surface area contributed by atoms with Crippen LogP contribution in [0.5, 0.6) is 0 Å². The predicted octanol–water partition coefficient (Wildman–Crippen LogP) is 3.42. The summed E-state index contributed by atoms with van der Waals surface area (Å²) in [5.74, 6) is 6.53. The van der Waals surface area contributed by atoms with Crippen molar-refractivity contribution in [3.63, 3.8) is 0 Å². The van der Waals surface area contributed by atoms with Gasteiger partial charge < -0.3 is 15.3 Å². The van der Waals surface area contributed by atoms with E-state index in [-0.39, 0.29) is 23.8 Å². The van der Waals surface area contributed by atoms with Gasteiger partial charge >= 0.3 is 0 Å². The molecule has 0 bridgehead atoms. The van der Waals surface area contributed by atoms with Crippen molar-refractivity contribution in [2.45, 2.75) is 90.7 Å². The van der Waals surface area contributed by atoms with Crippen molar-refractivity contribution in [2.75, 3.05) is 13.1 Å². The number of rotatable bonds is 12. The third-order valence-corrected chi connectivity index (χ3v) is 5.14.